The summed E-state index contributed by atoms with van der Waals surface area (Å²) in [4.78, 5) is 4.22. The molecule has 0 aromatic carbocycles. The van der Waals surface area contributed by atoms with E-state index in [9.17, 15) is 0 Å². The molecule has 0 fully saturated rings. The normalized spacial score (nSPS) is 10.0. The van der Waals surface area contributed by atoms with E-state index >= 15 is 0 Å². The Morgan fingerprint density at radius 1 is 1.54 bits per heavy atom. The van der Waals surface area contributed by atoms with Gasteiger partial charge in [-0.3, -0.25) is 4.98 Å². The number of pyridine rings is 1. The van der Waals surface area contributed by atoms with Crippen molar-refractivity contribution in [2.24, 2.45) is 0 Å². The fourth-order valence-electron chi connectivity index (χ4n) is 0.837. The molecule has 13 heavy (non-hydrogen) atoms. The summed E-state index contributed by atoms with van der Waals surface area (Å²) in [6, 6.07) is 3.96. The summed E-state index contributed by atoms with van der Waals surface area (Å²) in [6.45, 7) is 5.25. The number of hydrogen-bond acceptors (Lipinski definition) is 2. The standard InChI is InChI=1S/C9H10Br2N2/c1-7(10)4-12-6-9-3-2-8(11)5-13-9/h2-3,5,12H,1,4,6H2. The van der Waals surface area contributed by atoms with Crippen molar-refractivity contribution in [3.05, 3.63) is 39.6 Å². The first-order valence-electron chi connectivity index (χ1n) is 3.83. The van der Waals surface area contributed by atoms with Gasteiger partial charge in [-0.05, 0) is 28.1 Å². The summed E-state index contributed by atoms with van der Waals surface area (Å²) < 4.78 is 1.95. The third-order valence-electron chi connectivity index (χ3n) is 1.41. The van der Waals surface area contributed by atoms with Crippen molar-refractivity contribution in [2.75, 3.05) is 6.54 Å². The van der Waals surface area contributed by atoms with Gasteiger partial charge in [0.05, 0.1) is 5.69 Å². The van der Waals surface area contributed by atoms with Crippen LogP contribution in [0.2, 0.25) is 0 Å². The van der Waals surface area contributed by atoms with Crippen LogP contribution in [-0.2, 0) is 6.54 Å². The van der Waals surface area contributed by atoms with Crippen molar-refractivity contribution >= 4 is 31.9 Å². The van der Waals surface area contributed by atoms with Crippen molar-refractivity contribution in [2.45, 2.75) is 6.54 Å². The second-order valence-electron chi connectivity index (χ2n) is 2.59. The lowest BCUT2D eigenvalue weighted by Crippen LogP contribution is -2.15. The fraction of sp³-hybridized carbons (Fsp3) is 0.222. The van der Waals surface area contributed by atoms with E-state index in [1.807, 2.05) is 12.1 Å². The summed E-state index contributed by atoms with van der Waals surface area (Å²) in [5.41, 5.74) is 1.02. The molecule has 0 unspecified atom stereocenters. The van der Waals surface area contributed by atoms with Crippen LogP contribution in [0.25, 0.3) is 0 Å². The first kappa shape index (κ1) is 10.9. The number of aromatic nitrogens is 1. The number of nitrogens with zero attached hydrogens (tertiary/aromatic N) is 1. The lowest BCUT2D eigenvalue weighted by molar-refractivity contribution is 0.737. The maximum Gasteiger partial charge on any atom is 0.0542 e. The Balaban J connectivity index is 2.37. The van der Waals surface area contributed by atoms with Crippen molar-refractivity contribution in [3.8, 4) is 0 Å². The minimum absolute atomic E-state index is 0.762. The average molecular weight is 306 g/mol. The Morgan fingerprint density at radius 2 is 2.31 bits per heavy atom. The monoisotopic (exact) mass is 304 g/mol. The van der Waals surface area contributed by atoms with Crippen LogP contribution in [0.1, 0.15) is 5.69 Å². The van der Waals surface area contributed by atoms with E-state index in [0.717, 1.165) is 27.7 Å². The van der Waals surface area contributed by atoms with Gasteiger partial charge < -0.3 is 5.32 Å². The number of nitrogens with one attached hydrogen (secondary N) is 1. The Bertz CT molecular complexity index is 282. The number of rotatable bonds is 4. The second kappa shape index (κ2) is 5.52. The fourth-order valence-corrected chi connectivity index (χ4v) is 1.27. The molecule has 0 atom stereocenters. The van der Waals surface area contributed by atoms with E-state index in [-0.39, 0.29) is 0 Å². The minimum Gasteiger partial charge on any atom is -0.307 e. The van der Waals surface area contributed by atoms with Crippen LogP contribution in [0.4, 0.5) is 0 Å². The second-order valence-corrected chi connectivity index (χ2v) is 4.63. The van der Waals surface area contributed by atoms with E-state index in [1.165, 1.54) is 0 Å². The Hall–Kier alpha value is -0.190. The molecule has 0 aliphatic rings. The molecule has 70 valence electrons. The molecule has 1 N–H and O–H groups in total. The molecule has 0 bridgehead atoms. The van der Waals surface area contributed by atoms with Crippen molar-refractivity contribution in [3.63, 3.8) is 0 Å². The molecule has 0 aliphatic carbocycles. The molecule has 1 rings (SSSR count). The predicted molar refractivity (Wildman–Crippen MR) is 61.7 cm³/mol. The van der Waals surface area contributed by atoms with Crippen LogP contribution >= 0.6 is 31.9 Å². The highest BCUT2D eigenvalue weighted by Crippen LogP contribution is 2.07. The lowest BCUT2D eigenvalue weighted by Gasteiger charge is -2.02. The van der Waals surface area contributed by atoms with Gasteiger partial charge >= 0.3 is 0 Å². The highest BCUT2D eigenvalue weighted by Gasteiger charge is 1.93. The van der Waals surface area contributed by atoms with Crippen molar-refractivity contribution in [1.82, 2.24) is 10.3 Å². The van der Waals surface area contributed by atoms with Crippen molar-refractivity contribution < 1.29 is 0 Å². The van der Waals surface area contributed by atoms with E-state index < -0.39 is 0 Å². The largest absolute Gasteiger partial charge is 0.307 e. The lowest BCUT2D eigenvalue weighted by atomic mass is 10.3. The van der Waals surface area contributed by atoms with Gasteiger partial charge in [-0.15, -0.1) is 0 Å². The molecule has 0 spiro atoms. The van der Waals surface area contributed by atoms with Gasteiger partial charge in [0.1, 0.15) is 0 Å². The molecule has 2 nitrogen and oxygen atoms in total. The van der Waals surface area contributed by atoms with Gasteiger partial charge in [-0.2, -0.15) is 0 Å². The van der Waals surface area contributed by atoms with Gasteiger partial charge in [0.25, 0.3) is 0 Å². The maximum atomic E-state index is 4.22. The summed E-state index contributed by atoms with van der Waals surface area (Å²) >= 11 is 6.61. The SMILES string of the molecule is C=C(Br)CNCc1ccc(Br)cn1. The third kappa shape index (κ3) is 4.55. The Labute approximate surface area is 94.7 Å². The molecule has 1 aromatic heterocycles. The molecular formula is C9H10Br2N2. The van der Waals surface area contributed by atoms with E-state index in [2.05, 4.69) is 48.7 Å². The molecule has 0 saturated carbocycles. The molecule has 0 saturated heterocycles. The van der Waals surface area contributed by atoms with Gasteiger partial charge in [-0.1, -0.05) is 22.5 Å². The van der Waals surface area contributed by atoms with Gasteiger partial charge in [0.15, 0.2) is 0 Å². The first-order chi connectivity index (χ1) is 6.18. The Kier molecular flexibility index (Phi) is 4.62. The zero-order valence-electron chi connectivity index (χ0n) is 7.06. The summed E-state index contributed by atoms with van der Waals surface area (Å²) in [6.07, 6.45) is 1.79. The highest BCUT2D eigenvalue weighted by molar-refractivity contribution is 9.11. The zero-order valence-corrected chi connectivity index (χ0v) is 10.2. The van der Waals surface area contributed by atoms with E-state index in [1.54, 1.807) is 6.20 Å². The van der Waals surface area contributed by atoms with Crippen LogP contribution in [0, 0.1) is 0 Å². The molecule has 0 aliphatic heterocycles. The van der Waals surface area contributed by atoms with Gasteiger partial charge in [0.2, 0.25) is 0 Å². The van der Waals surface area contributed by atoms with Crippen LogP contribution in [0.5, 0.6) is 0 Å². The van der Waals surface area contributed by atoms with E-state index in [4.69, 9.17) is 0 Å². The molecule has 1 aromatic rings. The Morgan fingerprint density at radius 3 is 2.85 bits per heavy atom. The summed E-state index contributed by atoms with van der Waals surface area (Å²) in [7, 11) is 0. The van der Waals surface area contributed by atoms with Crippen LogP contribution in [-0.4, -0.2) is 11.5 Å². The highest BCUT2D eigenvalue weighted by atomic mass is 79.9. The maximum absolute atomic E-state index is 4.22. The first-order valence-corrected chi connectivity index (χ1v) is 5.41. The number of hydrogen-bond donors (Lipinski definition) is 1. The van der Waals surface area contributed by atoms with E-state index in [0.29, 0.717) is 0 Å². The molecule has 0 amide bonds. The summed E-state index contributed by atoms with van der Waals surface area (Å²) in [5.74, 6) is 0. The predicted octanol–water partition coefficient (Wildman–Crippen LogP) is 2.84. The van der Waals surface area contributed by atoms with Crippen LogP contribution in [0.15, 0.2) is 33.9 Å². The smallest absolute Gasteiger partial charge is 0.0542 e. The molecule has 0 radical (unpaired) electrons. The van der Waals surface area contributed by atoms with Gasteiger partial charge in [0, 0.05) is 28.2 Å². The molecule has 1 heterocycles. The number of halogens is 2. The average Bonchev–Trinajstić information content (AvgIpc) is 2.08. The summed E-state index contributed by atoms with van der Waals surface area (Å²) in [5, 5.41) is 3.20. The van der Waals surface area contributed by atoms with Crippen molar-refractivity contribution in [1.29, 1.82) is 0 Å². The van der Waals surface area contributed by atoms with Gasteiger partial charge in [-0.25, -0.2) is 0 Å². The third-order valence-corrected chi connectivity index (χ3v) is 2.16. The topological polar surface area (TPSA) is 24.9 Å². The molecular weight excluding hydrogens is 296 g/mol. The zero-order chi connectivity index (χ0) is 9.68. The minimum atomic E-state index is 0.762. The molecule has 4 heteroatoms. The van der Waals surface area contributed by atoms with Crippen LogP contribution in [0.3, 0.4) is 0 Å². The quantitative estimate of drug-likeness (QED) is 0.925. The van der Waals surface area contributed by atoms with Crippen LogP contribution < -0.4 is 5.32 Å².